The van der Waals surface area contributed by atoms with Crippen molar-refractivity contribution in [3.8, 4) is 5.75 Å². The lowest BCUT2D eigenvalue weighted by Gasteiger charge is -2.38. The fraction of sp³-hybridized carbons (Fsp3) is 0.250. The van der Waals surface area contributed by atoms with Crippen LogP contribution in [0.3, 0.4) is 0 Å². The number of rotatable bonds is 8. The van der Waals surface area contributed by atoms with Gasteiger partial charge in [-0.3, -0.25) is 9.69 Å². The molecule has 0 aromatic heterocycles. The summed E-state index contributed by atoms with van der Waals surface area (Å²) in [5.41, 5.74) is 4.19. The third kappa shape index (κ3) is 5.32. The monoisotopic (exact) mass is 444 g/mol. The van der Waals surface area contributed by atoms with E-state index in [1.54, 1.807) is 19.1 Å². The minimum Gasteiger partial charge on any atom is -0.481 e. The van der Waals surface area contributed by atoms with Gasteiger partial charge < -0.3 is 10.1 Å². The van der Waals surface area contributed by atoms with Crippen molar-refractivity contribution < 1.29 is 13.9 Å². The first-order chi connectivity index (χ1) is 16.1. The number of benzene rings is 3. The molecule has 0 unspecified atom stereocenters. The van der Waals surface area contributed by atoms with Gasteiger partial charge in [-0.05, 0) is 48.2 Å². The van der Waals surface area contributed by atoms with Crippen molar-refractivity contribution in [2.24, 2.45) is 0 Å². The molecule has 1 aliphatic heterocycles. The van der Waals surface area contributed by atoms with Crippen molar-refractivity contribution in [2.75, 3.05) is 13.1 Å². The van der Waals surface area contributed by atoms with Crippen molar-refractivity contribution in [3.05, 3.63) is 114 Å². The lowest BCUT2D eigenvalue weighted by Crippen LogP contribution is -2.37. The van der Waals surface area contributed by atoms with E-state index in [-0.39, 0.29) is 17.8 Å². The van der Waals surface area contributed by atoms with Crippen molar-refractivity contribution in [1.29, 1.82) is 0 Å². The molecule has 0 radical (unpaired) electrons. The van der Waals surface area contributed by atoms with Gasteiger partial charge in [0.25, 0.3) is 5.91 Å². The van der Waals surface area contributed by atoms with Crippen LogP contribution in [0.1, 0.15) is 35.2 Å². The number of carbonyl (C=O) groups is 1. The highest BCUT2D eigenvalue weighted by Crippen LogP contribution is 2.38. The van der Waals surface area contributed by atoms with Crippen LogP contribution in [0.15, 0.2) is 85.5 Å². The van der Waals surface area contributed by atoms with E-state index in [0.717, 1.165) is 24.1 Å². The summed E-state index contributed by atoms with van der Waals surface area (Å²) >= 11 is 0. The summed E-state index contributed by atoms with van der Waals surface area (Å²) in [5.74, 6) is 0.267. The molecular formula is C28H29FN2O2. The molecule has 3 aromatic rings. The van der Waals surface area contributed by atoms with Gasteiger partial charge in [0, 0.05) is 25.2 Å². The minimum absolute atomic E-state index is 0.0389. The average Bonchev–Trinajstić information content (AvgIpc) is 2.84. The number of carbonyl (C=O) groups excluding carboxylic acids is 1. The van der Waals surface area contributed by atoms with Gasteiger partial charge in [-0.2, -0.15) is 0 Å². The van der Waals surface area contributed by atoms with Gasteiger partial charge in [0.2, 0.25) is 0 Å². The van der Waals surface area contributed by atoms with E-state index in [4.69, 9.17) is 4.74 Å². The molecule has 1 amide bonds. The molecule has 170 valence electrons. The number of hydrogen-bond donors (Lipinski definition) is 1. The van der Waals surface area contributed by atoms with Crippen LogP contribution < -0.4 is 10.1 Å². The fourth-order valence-electron chi connectivity index (χ4n) is 4.33. The molecule has 0 spiro atoms. The van der Waals surface area contributed by atoms with E-state index in [2.05, 4.69) is 35.0 Å². The molecule has 4 nitrogen and oxygen atoms in total. The Balaban J connectivity index is 1.65. The van der Waals surface area contributed by atoms with Gasteiger partial charge in [-0.25, -0.2) is 4.39 Å². The van der Waals surface area contributed by atoms with Crippen molar-refractivity contribution in [1.82, 2.24) is 10.2 Å². The van der Waals surface area contributed by atoms with Crippen LogP contribution in [-0.4, -0.2) is 30.0 Å². The van der Waals surface area contributed by atoms with Gasteiger partial charge in [0.1, 0.15) is 11.6 Å². The van der Waals surface area contributed by atoms with Gasteiger partial charge in [-0.1, -0.05) is 60.7 Å². The number of halogens is 1. The first kappa shape index (κ1) is 22.7. The smallest absolute Gasteiger partial charge is 0.261 e. The van der Waals surface area contributed by atoms with Gasteiger partial charge in [0.05, 0.1) is 6.04 Å². The predicted molar refractivity (Wildman–Crippen MR) is 129 cm³/mol. The largest absolute Gasteiger partial charge is 0.481 e. The van der Waals surface area contributed by atoms with Crippen LogP contribution in [0.25, 0.3) is 0 Å². The van der Waals surface area contributed by atoms with Crippen LogP contribution in [0, 0.1) is 5.82 Å². The van der Waals surface area contributed by atoms with Gasteiger partial charge in [0.15, 0.2) is 6.10 Å². The Morgan fingerprint density at radius 2 is 1.94 bits per heavy atom. The molecule has 0 fully saturated rings. The SMILES string of the molecule is C=CCNC(=O)[C@H](C)Oc1ccc2c(c1)[C@H](c1ccccc1)N(Cc1ccccc1F)CC2. The zero-order valence-corrected chi connectivity index (χ0v) is 18.8. The topological polar surface area (TPSA) is 41.6 Å². The summed E-state index contributed by atoms with van der Waals surface area (Å²) in [4.78, 5) is 14.5. The number of ether oxygens (including phenoxy) is 1. The molecule has 1 N–H and O–H groups in total. The van der Waals surface area contributed by atoms with Crippen LogP contribution in [0.2, 0.25) is 0 Å². The molecule has 1 heterocycles. The Kier molecular flexibility index (Phi) is 7.20. The number of fused-ring (bicyclic) bond motifs is 1. The Bertz CT molecular complexity index is 1120. The lowest BCUT2D eigenvalue weighted by atomic mass is 9.87. The molecule has 3 aromatic carbocycles. The van der Waals surface area contributed by atoms with E-state index >= 15 is 0 Å². The van der Waals surface area contributed by atoms with Gasteiger partial charge in [-0.15, -0.1) is 6.58 Å². The average molecular weight is 445 g/mol. The standard InChI is InChI=1S/C28H29FN2O2/c1-3-16-30-28(32)20(2)33-24-14-13-21-15-17-31(19-23-11-7-8-12-26(23)29)27(25(21)18-24)22-9-5-4-6-10-22/h3-14,18,20,27H,1,15-17,19H2,2H3,(H,30,32)/t20-,27-/m0/s1. The van der Waals surface area contributed by atoms with E-state index in [1.807, 2.05) is 42.5 Å². The second-order valence-corrected chi connectivity index (χ2v) is 8.28. The van der Waals surface area contributed by atoms with Crippen LogP contribution in [-0.2, 0) is 17.8 Å². The number of nitrogens with zero attached hydrogens (tertiary/aromatic N) is 1. The predicted octanol–water partition coefficient (Wildman–Crippen LogP) is 5.04. The Morgan fingerprint density at radius 1 is 1.18 bits per heavy atom. The normalized spacial score (nSPS) is 16.5. The van der Waals surface area contributed by atoms with Crippen LogP contribution in [0.4, 0.5) is 4.39 Å². The quantitative estimate of drug-likeness (QED) is 0.495. The van der Waals surface area contributed by atoms with E-state index in [9.17, 15) is 9.18 Å². The Morgan fingerprint density at radius 3 is 2.70 bits per heavy atom. The van der Waals surface area contributed by atoms with Crippen LogP contribution >= 0.6 is 0 Å². The number of amides is 1. The zero-order valence-electron chi connectivity index (χ0n) is 18.8. The maximum atomic E-state index is 14.5. The molecule has 5 heteroatoms. The summed E-state index contributed by atoms with van der Waals surface area (Å²) in [7, 11) is 0. The molecule has 1 aliphatic rings. The van der Waals surface area contributed by atoms with Crippen molar-refractivity contribution in [2.45, 2.75) is 32.0 Å². The molecule has 33 heavy (non-hydrogen) atoms. The second-order valence-electron chi connectivity index (χ2n) is 8.28. The van der Waals surface area contributed by atoms with Crippen molar-refractivity contribution in [3.63, 3.8) is 0 Å². The number of nitrogens with one attached hydrogen (secondary N) is 1. The number of hydrogen-bond acceptors (Lipinski definition) is 3. The summed E-state index contributed by atoms with van der Waals surface area (Å²) in [6.45, 7) is 7.09. The Hall–Kier alpha value is -3.44. The molecule has 2 atom stereocenters. The van der Waals surface area contributed by atoms with E-state index in [1.165, 1.54) is 11.6 Å². The van der Waals surface area contributed by atoms with Gasteiger partial charge >= 0.3 is 0 Å². The third-order valence-electron chi connectivity index (χ3n) is 5.99. The molecule has 0 bridgehead atoms. The fourth-order valence-corrected chi connectivity index (χ4v) is 4.33. The molecule has 0 saturated carbocycles. The molecule has 0 aliphatic carbocycles. The second kappa shape index (κ2) is 10.5. The summed E-state index contributed by atoms with van der Waals surface area (Å²) < 4.78 is 20.4. The zero-order chi connectivity index (χ0) is 23.2. The van der Waals surface area contributed by atoms with E-state index < -0.39 is 6.10 Å². The maximum absolute atomic E-state index is 14.5. The van der Waals surface area contributed by atoms with Crippen molar-refractivity contribution >= 4 is 5.91 Å². The minimum atomic E-state index is -0.628. The first-order valence-electron chi connectivity index (χ1n) is 11.3. The highest BCUT2D eigenvalue weighted by Gasteiger charge is 2.30. The summed E-state index contributed by atoms with van der Waals surface area (Å²) in [5, 5.41) is 2.76. The highest BCUT2D eigenvalue weighted by atomic mass is 19.1. The first-order valence-corrected chi connectivity index (χ1v) is 11.3. The highest BCUT2D eigenvalue weighted by molar-refractivity contribution is 5.80. The molecule has 0 saturated heterocycles. The van der Waals surface area contributed by atoms with E-state index in [0.29, 0.717) is 24.4 Å². The molecular weight excluding hydrogens is 415 g/mol. The molecule has 4 rings (SSSR count). The maximum Gasteiger partial charge on any atom is 0.261 e. The lowest BCUT2D eigenvalue weighted by molar-refractivity contribution is -0.127. The summed E-state index contributed by atoms with van der Waals surface area (Å²) in [6.07, 6.45) is 1.87. The third-order valence-corrected chi connectivity index (χ3v) is 5.99. The van der Waals surface area contributed by atoms with Crippen LogP contribution in [0.5, 0.6) is 5.75 Å². The Labute approximate surface area is 194 Å². The summed E-state index contributed by atoms with van der Waals surface area (Å²) in [6, 6.07) is 23.2.